The van der Waals surface area contributed by atoms with Crippen LogP contribution in [0.1, 0.15) is 25.0 Å². The monoisotopic (exact) mass is 445 g/mol. The fraction of sp³-hybridized carbons (Fsp3) is 0.364. The van der Waals surface area contributed by atoms with E-state index in [2.05, 4.69) is 9.71 Å². The van der Waals surface area contributed by atoms with E-state index in [0.29, 0.717) is 23.6 Å². The third kappa shape index (κ3) is 4.66. The molecule has 0 saturated carbocycles. The van der Waals surface area contributed by atoms with Gasteiger partial charge in [-0.1, -0.05) is 32.0 Å². The zero-order valence-corrected chi connectivity index (χ0v) is 19.1. The van der Waals surface area contributed by atoms with Crippen molar-refractivity contribution in [1.29, 1.82) is 0 Å². The minimum absolute atomic E-state index is 0.134. The predicted molar refractivity (Wildman–Crippen MR) is 118 cm³/mol. The van der Waals surface area contributed by atoms with E-state index >= 15 is 0 Å². The van der Waals surface area contributed by atoms with E-state index < -0.39 is 16.1 Å². The molecule has 0 saturated heterocycles. The molecule has 1 amide bonds. The van der Waals surface area contributed by atoms with Gasteiger partial charge in [0.1, 0.15) is 11.9 Å². The van der Waals surface area contributed by atoms with Gasteiger partial charge in [0.05, 0.1) is 19.1 Å². The molecular weight excluding hydrogens is 418 g/mol. The van der Waals surface area contributed by atoms with Crippen LogP contribution in [0.3, 0.4) is 0 Å². The van der Waals surface area contributed by atoms with E-state index in [0.717, 1.165) is 5.56 Å². The smallest absolute Gasteiger partial charge is 0.263 e. The van der Waals surface area contributed by atoms with E-state index in [1.54, 1.807) is 50.4 Å². The molecule has 0 radical (unpaired) electrons. The molecule has 1 aliphatic heterocycles. The number of fused-ring (bicyclic) bond motifs is 1. The summed E-state index contributed by atoms with van der Waals surface area (Å²) in [5, 5.41) is 0. The highest BCUT2D eigenvalue weighted by Crippen LogP contribution is 2.28. The Morgan fingerprint density at radius 3 is 2.42 bits per heavy atom. The number of rotatable bonds is 7. The van der Waals surface area contributed by atoms with Gasteiger partial charge in [-0.15, -0.1) is 0 Å². The Balaban J connectivity index is 1.86. The third-order valence-corrected chi connectivity index (χ3v) is 6.46. The largest absolute Gasteiger partial charge is 0.493 e. The standard InChI is InChI=1S/C22H27N3O5S/c1-14(2)20(23-21-16-8-6-7-9-19(16)31(27,28)24-21)22(26)25(3)13-15-10-11-17(29-4)18(12-15)30-5/h6-12,14,20H,13H2,1-5H3,(H,23,24)/t20-/m1/s1. The molecule has 1 N–H and O–H groups in total. The van der Waals surface area contributed by atoms with Crippen molar-refractivity contribution in [2.75, 3.05) is 21.3 Å². The van der Waals surface area contributed by atoms with Crippen LogP contribution in [0.5, 0.6) is 11.5 Å². The van der Waals surface area contributed by atoms with Gasteiger partial charge >= 0.3 is 0 Å². The molecule has 1 aliphatic rings. The van der Waals surface area contributed by atoms with Crippen LogP contribution in [0.25, 0.3) is 0 Å². The van der Waals surface area contributed by atoms with Gasteiger partial charge in [-0.2, -0.15) is 0 Å². The molecular formula is C22H27N3O5S. The number of hydrogen-bond acceptors (Lipinski definition) is 6. The zero-order valence-electron chi connectivity index (χ0n) is 18.2. The summed E-state index contributed by atoms with van der Waals surface area (Å²) in [6, 6.07) is 11.3. The van der Waals surface area contributed by atoms with E-state index in [1.165, 1.54) is 6.07 Å². The van der Waals surface area contributed by atoms with Crippen molar-refractivity contribution in [2.24, 2.45) is 10.9 Å². The van der Waals surface area contributed by atoms with Crippen LogP contribution in [-0.4, -0.2) is 52.4 Å². The van der Waals surface area contributed by atoms with E-state index in [4.69, 9.17) is 9.47 Å². The Morgan fingerprint density at radius 2 is 1.77 bits per heavy atom. The lowest BCUT2D eigenvalue weighted by atomic mass is 10.0. The van der Waals surface area contributed by atoms with E-state index in [1.807, 2.05) is 26.0 Å². The van der Waals surface area contributed by atoms with Crippen molar-refractivity contribution in [3.8, 4) is 11.5 Å². The van der Waals surface area contributed by atoms with Crippen molar-refractivity contribution in [3.63, 3.8) is 0 Å². The molecule has 0 aromatic heterocycles. The Bertz CT molecular complexity index is 1110. The molecule has 0 bridgehead atoms. The van der Waals surface area contributed by atoms with E-state index in [-0.39, 0.29) is 22.6 Å². The highest BCUT2D eigenvalue weighted by atomic mass is 32.2. The number of ether oxygens (including phenoxy) is 2. The minimum atomic E-state index is -3.67. The van der Waals surface area contributed by atoms with Crippen LogP contribution in [0.15, 0.2) is 52.4 Å². The number of hydrogen-bond donors (Lipinski definition) is 1. The molecule has 1 heterocycles. The fourth-order valence-electron chi connectivity index (χ4n) is 3.41. The fourth-order valence-corrected chi connectivity index (χ4v) is 4.65. The van der Waals surface area contributed by atoms with Crippen LogP contribution in [-0.2, 0) is 21.4 Å². The maximum Gasteiger partial charge on any atom is 0.263 e. The van der Waals surface area contributed by atoms with Crippen LogP contribution >= 0.6 is 0 Å². The highest BCUT2D eigenvalue weighted by molar-refractivity contribution is 7.90. The second kappa shape index (κ2) is 8.97. The summed E-state index contributed by atoms with van der Waals surface area (Å²) < 4.78 is 37.8. The summed E-state index contributed by atoms with van der Waals surface area (Å²) in [5.41, 5.74) is 1.35. The lowest BCUT2D eigenvalue weighted by Crippen LogP contribution is -2.39. The number of aliphatic imine (C=N–C) groups is 1. The van der Waals surface area contributed by atoms with Crippen LogP contribution in [0.2, 0.25) is 0 Å². The van der Waals surface area contributed by atoms with Crippen LogP contribution < -0.4 is 14.2 Å². The van der Waals surface area contributed by atoms with E-state index in [9.17, 15) is 13.2 Å². The normalized spacial score (nSPS) is 16.5. The van der Waals surface area contributed by atoms with Crippen LogP contribution in [0, 0.1) is 5.92 Å². The summed E-state index contributed by atoms with van der Waals surface area (Å²) in [5.74, 6) is 1.05. The second-order valence-electron chi connectivity index (χ2n) is 7.65. The number of benzene rings is 2. The number of carbonyl (C=O) groups is 1. The van der Waals surface area contributed by atoms with Gasteiger partial charge < -0.3 is 14.4 Å². The summed E-state index contributed by atoms with van der Waals surface area (Å²) in [6.45, 7) is 4.11. The predicted octanol–water partition coefficient (Wildman–Crippen LogP) is 2.43. The van der Waals surface area contributed by atoms with Gasteiger partial charge in [-0.25, -0.2) is 8.42 Å². The number of nitrogens with one attached hydrogen (secondary N) is 1. The van der Waals surface area contributed by atoms with Gasteiger partial charge in [0.15, 0.2) is 11.5 Å². The number of sulfonamides is 1. The Hall–Kier alpha value is -3.07. The molecule has 0 spiro atoms. The number of amidine groups is 1. The number of nitrogens with zero attached hydrogens (tertiary/aromatic N) is 2. The SMILES string of the molecule is COc1ccc(CN(C)C(=O)[C@H](N=C2NS(=O)(=O)c3ccccc32)C(C)C)cc1OC. The minimum Gasteiger partial charge on any atom is -0.493 e. The van der Waals surface area contributed by atoms with Crippen molar-refractivity contribution in [1.82, 2.24) is 9.62 Å². The molecule has 1 atom stereocenters. The number of likely N-dealkylation sites (N-methyl/N-ethyl adjacent to an activating group) is 1. The molecule has 3 rings (SSSR count). The quantitative estimate of drug-likeness (QED) is 0.706. The zero-order chi connectivity index (χ0) is 22.8. The number of carbonyl (C=O) groups excluding carboxylic acids is 1. The Kier molecular flexibility index (Phi) is 6.54. The van der Waals surface area contributed by atoms with Crippen molar-refractivity contribution in [2.45, 2.75) is 31.3 Å². The molecule has 166 valence electrons. The van der Waals surface area contributed by atoms with Gasteiger partial charge in [-0.05, 0) is 35.7 Å². The summed E-state index contributed by atoms with van der Waals surface area (Å²) in [4.78, 5) is 19.5. The Labute approximate surface area is 182 Å². The first-order valence-electron chi connectivity index (χ1n) is 9.83. The molecule has 8 nitrogen and oxygen atoms in total. The summed E-state index contributed by atoms with van der Waals surface area (Å²) in [7, 11) is 1.15. The van der Waals surface area contributed by atoms with Gasteiger partial charge in [-0.3, -0.25) is 14.5 Å². The molecule has 2 aromatic rings. The molecule has 31 heavy (non-hydrogen) atoms. The average Bonchev–Trinajstić information content (AvgIpc) is 3.01. The first-order valence-corrected chi connectivity index (χ1v) is 11.3. The number of amides is 1. The molecule has 2 aromatic carbocycles. The Morgan fingerprint density at radius 1 is 1.10 bits per heavy atom. The van der Waals surface area contributed by atoms with Gasteiger partial charge in [0, 0.05) is 19.2 Å². The van der Waals surface area contributed by atoms with Crippen molar-refractivity contribution in [3.05, 3.63) is 53.6 Å². The molecule has 0 fully saturated rings. The van der Waals surface area contributed by atoms with Gasteiger partial charge in [0.25, 0.3) is 10.0 Å². The lowest BCUT2D eigenvalue weighted by Gasteiger charge is -2.24. The van der Waals surface area contributed by atoms with Gasteiger partial charge in [0.2, 0.25) is 5.91 Å². The second-order valence-corrected chi connectivity index (χ2v) is 9.30. The average molecular weight is 446 g/mol. The topological polar surface area (TPSA) is 97.3 Å². The first-order chi connectivity index (χ1) is 14.7. The third-order valence-electron chi connectivity index (χ3n) is 5.06. The molecule has 0 aliphatic carbocycles. The highest BCUT2D eigenvalue weighted by Gasteiger charge is 2.33. The summed E-state index contributed by atoms with van der Waals surface area (Å²) >= 11 is 0. The maximum atomic E-state index is 13.2. The molecule has 0 unspecified atom stereocenters. The van der Waals surface area contributed by atoms with Crippen molar-refractivity contribution >= 4 is 21.8 Å². The first kappa shape index (κ1) is 22.6. The van der Waals surface area contributed by atoms with Crippen LogP contribution in [0.4, 0.5) is 0 Å². The maximum absolute atomic E-state index is 13.2. The molecule has 9 heteroatoms. The summed E-state index contributed by atoms with van der Waals surface area (Å²) in [6.07, 6.45) is 0. The lowest BCUT2D eigenvalue weighted by molar-refractivity contribution is -0.132. The number of methoxy groups -OCH3 is 2. The van der Waals surface area contributed by atoms with Crippen molar-refractivity contribution < 1.29 is 22.7 Å².